The number of nitrogens with zero attached hydrogens (tertiary/aromatic N) is 4. The summed E-state index contributed by atoms with van der Waals surface area (Å²) in [5.74, 6) is -1.13. The van der Waals surface area contributed by atoms with Crippen molar-refractivity contribution in [2.45, 2.75) is 24.8 Å². The zero-order valence-electron chi connectivity index (χ0n) is 13.4. The minimum atomic E-state index is -0.718. The molecule has 0 aliphatic carbocycles. The number of halogens is 1. The first kappa shape index (κ1) is 17.6. The van der Waals surface area contributed by atoms with Crippen LogP contribution in [0.3, 0.4) is 0 Å². The van der Waals surface area contributed by atoms with E-state index in [0.717, 1.165) is 30.3 Å². The predicted octanol–water partition coefficient (Wildman–Crippen LogP) is -0.837. The van der Waals surface area contributed by atoms with Gasteiger partial charge in [-0.05, 0) is 0 Å². The molecule has 9 heteroatoms. The van der Waals surface area contributed by atoms with Crippen molar-refractivity contribution < 1.29 is 9.18 Å². The Hall–Kier alpha value is -2.23. The van der Waals surface area contributed by atoms with E-state index in [4.69, 9.17) is 5.73 Å². The van der Waals surface area contributed by atoms with Crippen LogP contribution in [0.15, 0.2) is 24.5 Å². The number of nitriles is 1. The molecule has 0 saturated carbocycles. The summed E-state index contributed by atoms with van der Waals surface area (Å²) in [5, 5.41) is 17.1. The van der Waals surface area contributed by atoms with Crippen molar-refractivity contribution in [2.75, 3.05) is 13.1 Å². The molecule has 0 unspecified atom stereocenters. The van der Waals surface area contributed by atoms with E-state index >= 15 is 0 Å². The Morgan fingerprint density at radius 3 is 2.92 bits per heavy atom. The van der Waals surface area contributed by atoms with E-state index in [1.54, 1.807) is 16.9 Å². The number of nitrogens with two attached hydrogens (primary N) is 1. The molecular formula is C16H17AsFN6O. The first-order valence-corrected chi connectivity index (χ1v) is 9.73. The van der Waals surface area contributed by atoms with Gasteiger partial charge in [0.1, 0.15) is 0 Å². The molecule has 0 atom stereocenters. The molecule has 129 valence electrons. The van der Waals surface area contributed by atoms with Crippen LogP contribution in [0.5, 0.6) is 0 Å². The maximum atomic E-state index is 13.3. The second-order valence-corrected chi connectivity index (χ2v) is 8.37. The number of piperidine rings is 1. The number of nitrogens with one attached hydrogen (secondary N) is 1. The van der Waals surface area contributed by atoms with Crippen LogP contribution in [0, 0.1) is 17.3 Å². The van der Waals surface area contributed by atoms with Gasteiger partial charge in [-0.2, -0.15) is 0 Å². The standard InChI is InChI=1S/C16H17AsFN6O/c18-13-9-11(1-6-22-13)17-14-12(15(20)25)10-24(23-14)16(2-5-19)3-7-21-8-4-16/h1,6,9-10,21H,2-4,7-8H2,(H2,20,25). The maximum absolute atomic E-state index is 13.3. The van der Waals surface area contributed by atoms with E-state index in [1.165, 1.54) is 12.3 Å². The quantitative estimate of drug-likeness (QED) is 0.500. The molecule has 25 heavy (non-hydrogen) atoms. The normalized spacial score (nSPS) is 16.8. The number of carbonyl (C=O) groups is 1. The fraction of sp³-hybridized carbons (Fsp3) is 0.375. The summed E-state index contributed by atoms with van der Waals surface area (Å²) < 4.78 is 16.4. The Bertz CT molecular complexity index is 824. The topological polar surface area (TPSA) is 110 Å². The van der Waals surface area contributed by atoms with E-state index < -0.39 is 33.1 Å². The summed E-state index contributed by atoms with van der Waals surface area (Å²) in [5.41, 5.74) is 5.42. The zero-order chi connectivity index (χ0) is 17.9. The van der Waals surface area contributed by atoms with E-state index in [2.05, 4.69) is 21.5 Å². The predicted molar refractivity (Wildman–Crippen MR) is 90.3 cm³/mol. The molecule has 1 amide bonds. The van der Waals surface area contributed by atoms with E-state index in [0.29, 0.717) is 16.5 Å². The van der Waals surface area contributed by atoms with Gasteiger partial charge in [-0.15, -0.1) is 0 Å². The number of carbonyl (C=O) groups excluding carboxylic acids is 1. The van der Waals surface area contributed by atoms with Crippen LogP contribution in [0.25, 0.3) is 0 Å². The molecule has 7 nitrogen and oxygen atoms in total. The number of rotatable bonds is 5. The molecule has 2 aromatic rings. The van der Waals surface area contributed by atoms with E-state index in [9.17, 15) is 14.4 Å². The van der Waals surface area contributed by atoms with Crippen LogP contribution >= 0.6 is 0 Å². The molecule has 1 aliphatic heterocycles. The number of hydrogen-bond acceptors (Lipinski definition) is 5. The van der Waals surface area contributed by atoms with Crippen LogP contribution < -0.4 is 19.9 Å². The summed E-state index contributed by atoms with van der Waals surface area (Å²) in [7, 11) is 0. The van der Waals surface area contributed by atoms with E-state index in [1.807, 2.05) is 0 Å². The molecule has 1 radical (unpaired) electrons. The average Bonchev–Trinajstić information content (AvgIpc) is 3.01. The molecule has 2 aromatic heterocycles. The number of primary amides is 1. The second-order valence-electron chi connectivity index (χ2n) is 5.93. The van der Waals surface area contributed by atoms with Crippen molar-refractivity contribution in [1.82, 2.24) is 20.1 Å². The van der Waals surface area contributed by atoms with Crippen LogP contribution in [0.2, 0.25) is 0 Å². The zero-order valence-corrected chi connectivity index (χ0v) is 15.3. The minimum absolute atomic E-state index is 0.314. The third kappa shape index (κ3) is 3.73. The molecule has 0 spiro atoms. The van der Waals surface area contributed by atoms with Gasteiger partial charge >= 0.3 is 151 Å². The Morgan fingerprint density at radius 2 is 2.28 bits per heavy atom. The fourth-order valence-corrected chi connectivity index (χ4v) is 5.04. The first-order valence-electron chi connectivity index (χ1n) is 7.85. The Balaban J connectivity index is 1.99. The van der Waals surface area contributed by atoms with Gasteiger partial charge in [0.2, 0.25) is 0 Å². The SMILES string of the molecule is N#CCC1(n2cc(C(N)=O)c([As]c3ccnc(F)c3)n2)CCNCC1. The summed E-state index contributed by atoms with van der Waals surface area (Å²) in [6.07, 6.45) is 4.85. The molecule has 3 rings (SSSR count). The summed E-state index contributed by atoms with van der Waals surface area (Å²) in [6.45, 7) is 1.57. The summed E-state index contributed by atoms with van der Waals surface area (Å²) in [4.78, 5) is 15.4. The van der Waals surface area contributed by atoms with Gasteiger partial charge in [-0.3, -0.25) is 0 Å². The number of aromatic nitrogens is 3. The van der Waals surface area contributed by atoms with Crippen LogP contribution in [-0.2, 0) is 5.54 Å². The van der Waals surface area contributed by atoms with Crippen LogP contribution in [0.4, 0.5) is 4.39 Å². The van der Waals surface area contributed by atoms with Gasteiger partial charge in [-0.25, -0.2) is 0 Å². The summed E-state index contributed by atoms with van der Waals surface area (Å²) in [6, 6.07) is 5.29. The van der Waals surface area contributed by atoms with Gasteiger partial charge in [0, 0.05) is 0 Å². The molecule has 3 N–H and O–H groups in total. The molecule has 0 aromatic carbocycles. The number of pyridine rings is 1. The van der Waals surface area contributed by atoms with Gasteiger partial charge < -0.3 is 0 Å². The van der Waals surface area contributed by atoms with Gasteiger partial charge in [0.05, 0.1) is 0 Å². The van der Waals surface area contributed by atoms with Gasteiger partial charge in [0.15, 0.2) is 0 Å². The third-order valence-electron chi connectivity index (χ3n) is 4.33. The fourth-order valence-electron chi connectivity index (χ4n) is 2.97. The second kappa shape index (κ2) is 7.34. The number of hydrogen-bond donors (Lipinski definition) is 2. The van der Waals surface area contributed by atoms with Crippen LogP contribution in [0.1, 0.15) is 29.6 Å². The molecule has 0 bridgehead atoms. The van der Waals surface area contributed by atoms with Crippen molar-refractivity contribution in [1.29, 1.82) is 5.26 Å². The molecule has 1 saturated heterocycles. The first-order chi connectivity index (χ1) is 12.0. The molecule has 3 heterocycles. The van der Waals surface area contributed by atoms with Crippen molar-refractivity contribution >= 4 is 30.5 Å². The monoisotopic (exact) mass is 403 g/mol. The van der Waals surface area contributed by atoms with Crippen LogP contribution in [-0.4, -0.2) is 49.5 Å². The van der Waals surface area contributed by atoms with E-state index in [-0.39, 0.29) is 0 Å². The van der Waals surface area contributed by atoms with Gasteiger partial charge in [-0.1, -0.05) is 0 Å². The third-order valence-corrected chi connectivity index (χ3v) is 6.60. The Morgan fingerprint density at radius 1 is 1.52 bits per heavy atom. The van der Waals surface area contributed by atoms with Crippen molar-refractivity contribution in [2.24, 2.45) is 5.73 Å². The van der Waals surface area contributed by atoms with Gasteiger partial charge in [0.25, 0.3) is 0 Å². The van der Waals surface area contributed by atoms with Crippen molar-refractivity contribution in [3.8, 4) is 6.07 Å². The molecule has 1 aliphatic rings. The number of amides is 1. The molecular weight excluding hydrogens is 386 g/mol. The molecule has 1 fully saturated rings. The Kier molecular flexibility index (Phi) is 5.16. The Labute approximate surface area is 151 Å². The van der Waals surface area contributed by atoms with Crippen molar-refractivity contribution in [3.05, 3.63) is 36.0 Å². The van der Waals surface area contributed by atoms with Crippen molar-refractivity contribution in [3.63, 3.8) is 0 Å². The summed E-state index contributed by atoms with van der Waals surface area (Å²) >= 11 is -0.718. The average molecular weight is 403 g/mol.